The molecule has 0 atom stereocenters. The molecule has 118 valence electrons. The number of hydrogen-bond acceptors (Lipinski definition) is 5. The van der Waals surface area contributed by atoms with Gasteiger partial charge in [-0.05, 0) is 49.8 Å². The number of benzene rings is 1. The topological polar surface area (TPSA) is 118 Å². The zero-order chi connectivity index (χ0) is 15.7. The van der Waals surface area contributed by atoms with Crippen LogP contribution < -0.4 is 16.2 Å². The number of rotatable bonds is 4. The van der Waals surface area contributed by atoms with E-state index in [1.807, 2.05) is 0 Å². The van der Waals surface area contributed by atoms with Gasteiger partial charge in [0.15, 0.2) is 0 Å². The summed E-state index contributed by atoms with van der Waals surface area (Å²) in [7, 11) is -3.81. The first kappa shape index (κ1) is 16.1. The number of sulfonamides is 1. The lowest BCUT2D eigenvalue weighted by Crippen LogP contribution is -2.45. The van der Waals surface area contributed by atoms with Gasteiger partial charge in [-0.1, -0.05) is 6.92 Å². The van der Waals surface area contributed by atoms with E-state index in [4.69, 9.17) is 10.9 Å². The van der Waals surface area contributed by atoms with Crippen LogP contribution in [0.4, 0.5) is 11.4 Å². The fourth-order valence-corrected chi connectivity index (χ4v) is 3.47. The summed E-state index contributed by atoms with van der Waals surface area (Å²) in [5.74, 6) is 0.668. The Labute approximate surface area is 125 Å². The molecule has 1 aliphatic rings. The summed E-state index contributed by atoms with van der Waals surface area (Å²) in [4.78, 5) is -0.0802. The lowest BCUT2D eigenvalue weighted by molar-refractivity contribution is 0.155. The monoisotopic (exact) mass is 313 g/mol. The predicted octanol–water partition coefficient (Wildman–Crippen LogP) is 1.27. The van der Waals surface area contributed by atoms with E-state index < -0.39 is 10.0 Å². The quantitative estimate of drug-likeness (QED) is 0.624. The molecule has 1 aliphatic carbocycles. The molecule has 7 heteroatoms. The molecule has 0 aromatic heterocycles. The van der Waals surface area contributed by atoms with Crippen molar-refractivity contribution in [2.24, 2.45) is 11.1 Å². The highest BCUT2D eigenvalue weighted by Crippen LogP contribution is 2.35. The SMILES string of the molecule is CC1CCC(CO)(Nc2ccc(S(N)(=O)=O)c(N)c2)CC1. The van der Waals surface area contributed by atoms with Gasteiger partial charge in [-0.25, -0.2) is 13.6 Å². The van der Waals surface area contributed by atoms with E-state index in [0.29, 0.717) is 11.6 Å². The molecule has 6 nitrogen and oxygen atoms in total. The summed E-state index contributed by atoms with van der Waals surface area (Å²) in [5.41, 5.74) is 6.21. The smallest absolute Gasteiger partial charge is 0.240 e. The summed E-state index contributed by atoms with van der Waals surface area (Å²) in [6, 6.07) is 4.57. The van der Waals surface area contributed by atoms with Crippen molar-refractivity contribution in [2.75, 3.05) is 17.7 Å². The molecule has 0 amide bonds. The third kappa shape index (κ3) is 3.66. The molecule has 21 heavy (non-hydrogen) atoms. The van der Waals surface area contributed by atoms with Crippen LogP contribution in [0.5, 0.6) is 0 Å². The second-order valence-corrected chi connectivity index (χ2v) is 7.57. The number of nitrogens with two attached hydrogens (primary N) is 2. The van der Waals surface area contributed by atoms with Crippen molar-refractivity contribution >= 4 is 21.4 Å². The van der Waals surface area contributed by atoms with Crippen LogP contribution in [0.25, 0.3) is 0 Å². The molecule has 0 radical (unpaired) electrons. The normalized spacial score (nSPS) is 26.5. The van der Waals surface area contributed by atoms with Crippen molar-refractivity contribution in [1.82, 2.24) is 0 Å². The Morgan fingerprint density at radius 1 is 1.38 bits per heavy atom. The molecule has 0 bridgehead atoms. The summed E-state index contributed by atoms with van der Waals surface area (Å²) >= 11 is 0. The van der Waals surface area contributed by atoms with Crippen LogP contribution in [0.1, 0.15) is 32.6 Å². The molecule has 0 aliphatic heterocycles. The molecule has 0 saturated heterocycles. The van der Waals surface area contributed by atoms with Crippen molar-refractivity contribution in [1.29, 1.82) is 0 Å². The Morgan fingerprint density at radius 3 is 2.48 bits per heavy atom. The molecular weight excluding hydrogens is 290 g/mol. The van der Waals surface area contributed by atoms with E-state index in [-0.39, 0.29) is 22.7 Å². The zero-order valence-corrected chi connectivity index (χ0v) is 13.0. The number of nitrogen functional groups attached to an aromatic ring is 1. The second kappa shape index (κ2) is 5.82. The predicted molar refractivity (Wildman–Crippen MR) is 83.3 cm³/mol. The Kier molecular flexibility index (Phi) is 4.46. The fraction of sp³-hybridized carbons (Fsp3) is 0.571. The van der Waals surface area contributed by atoms with Crippen molar-refractivity contribution in [3.63, 3.8) is 0 Å². The van der Waals surface area contributed by atoms with Gasteiger partial charge in [0.25, 0.3) is 0 Å². The van der Waals surface area contributed by atoms with E-state index in [1.54, 1.807) is 12.1 Å². The second-order valence-electron chi connectivity index (χ2n) is 6.04. The molecule has 0 heterocycles. The van der Waals surface area contributed by atoms with Gasteiger partial charge in [-0.15, -0.1) is 0 Å². The average molecular weight is 313 g/mol. The molecule has 1 saturated carbocycles. The van der Waals surface area contributed by atoms with Gasteiger partial charge >= 0.3 is 0 Å². The first-order valence-corrected chi connectivity index (χ1v) is 8.62. The first-order chi connectivity index (χ1) is 9.76. The fourth-order valence-electron chi connectivity index (χ4n) is 2.83. The van der Waals surface area contributed by atoms with Gasteiger partial charge in [0, 0.05) is 5.69 Å². The Morgan fingerprint density at radius 2 is 2.00 bits per heavy atom. The Bertz CT molecular complexity index is 608. The molecule has 1 aromatic carbocycles. The maximum atomic E-state index is 11.3. The lowest BCUT2D eigenvalue weighted by atomic mass is 9.77. The summed E-state index contributed by atoms with van der Waals surface area (Å²) < 4.78 is 22.7. The molecule has 1 aromatic rings. The Hall–Kier alpha value is -1.31. The summed E-state index contributed by atoms with van der Waals surface area (Å²) in [6.07, 6.45) is 3.86. The van der Waals surface area contributed by atoms with Crippen molar-refractivity contribution in [2.45, 2.75) is 43.0 Å². The van der Waals surface area contributed by atoms with Crippen LogP contribution in [-0.4, -0.2) is 25.7 Å². The number of hydrogen-bond donors (Lipinski definition) is 4. The molecule has 6 N–H and O–H groups in total. The third-order valence-corrected chi connectivity index (χ3v) is 5.24. The minimum Gasteiger partial charge on any atom is -0.398 e. The van der Waals surface area contributed by atoms with Crippen LogP contribution in [0.2, 0.25) is 0 Å². The van der Waals surface area contributed by atoms with Gasteiger partial charge in [-0.2, -0.15) is 0 Å². The zero-order valence-electron chi connectivity index (χ0n) is 12.2. The maximum absolute atomic E-state index is 11.3. The molecular formula is C14H23N3O3S. The van der Waals surface area contributed by atoms with E-state index >= 15 is 0 Å². The highest BCUT2D eigenvalue weighted by molar-refractivity contribution is 7.89. The molecule has 1 fully saturated rings. The first-order valence-electron chi connectivity index (χ1n) is 7.07. The minimum absolute atomic E-state index is 0.0383. The van der Waals surface area contributed by atoms with E-state index in [9.17, 15) is 13.5 Å². The van der Waals surface area contributed by atoms with Gasteiger partial charge in [0.05, 0.1) is 17.8 Å². The number of aliphatic hydroxyl groups is 1. The maximum Gasteiger partial charge on any atom is 0.240 e. The minimum atomic E-state index is -3.81. The standard InChI is InChI=1S/C14H23N3O3S/c1-10-4-6-14(9-18,7-5-10)17-11-2-3-13(12(15)8-11)21(16,19)20/h2-3,8,10,17-18H,4-7,9,15H2,1H3,(H2,16,19,20). The van der Waals surface area contributed by atoms with E-state index in [2.05, 4.69) is 12.2 Å². The highest BCUT2D eigenvalue weighted by atomic mass is 32.2. The number of primary sulfonamides is 1. The van der Waals surface area contributed by atoms with Crippen molar-refractivity contribution in [3.05, 3.63) is 18.2 Å². The summed E-state index contributed by atoms with van der Waals surface area (Å²) in [5, 5.41) is 18.1. The lowest BCUT2D eigenvalue weighted by Gasteiger charge is -2.39. The van der Waals surface area contributed by atoms with Crippen molar-refractivity contribution < 1.29 is 13.5 Å². The van der Waals surface area contributed by atoms with Gasteiger partial charge in [0.2, 0.25) is 10.0 Å². The van der Waals surface area contributed by atoms with E-state index in [1.165, 1.54) is 6.07 Å². The van der Waals surface area contributed by atoms with Gasteiger partial charge in [-0.3, -0.25) is 0 Å². The molecule has 0 spiro atoms. The Balaban J connectivity index is 2.21. The van der Waals surface area contributed by atoms with Gasteiger partial charge in [0.1, 0.15) is 4.90 Å². The van der Waals surface area contributed by atoms with Crippen LogP contribution >= 0.6 is 0 Å². The summed E-state index contributed by atoms with van der Waals surface area (Å²) in [6.45, 7) is 2.25. The van der Waals surface area contributed by atoms with Crippen molar-refractivity contribution in [3.8, 4) is 0 Å². The average Bonchev–Trinajstić information content (AvgIpc) is 2.40. The van der Waals surface area contributed by atoms with E-state index in [0.717, 1.165) is 25.7 Å². The van der Waals surface area contributed by atoms with Crippen LogP contribution in [0.3, 0.4) is 0 Å². The number of aliphatic hydroxyl groups excluding tert-OH is 1. The number of nitrogens with one attached hydrogen (secondary N) is 1. The third-order valence-electron chi connectivity index (χ3n) is 4.26. The van der Waals surface area contributed by atoms with Crippen LogP contribution in [-0.2, 0) is 10.0 Å². The van der Waals surface area contributed by atoms with Crippen LogP contribution in [0, 0.1) is 5.92 Å². The molecule has 0 unspecified atom stereocenters. The van der Waals surface area contributed by atoms with Gasteiger partial charge < -0.3 is 16.2 Å². The van der Waals surface area contributed by atoms with Crippen LogP contribution in [0.15, 0.2) is 23.1 Å². The largest absolute Gasteiger partial charge is 0.398 e. The molecule has 2 rings (SSSR count). The highest BCUT2D eigenvalue weighted by Gasteiger charge is 2.33. The number of anilines is 2.